The van der Waals surface area contributed by atoms with E-state index in [-0.39, 0.29) is 0 Å². The zero-order valence-electron chi connectivity index (χ0n) is 14.3. The first kappa shape index (κ1) is 15.7. The van der Waals surface area contributed by atoms with E-state index < -0.39 is 0 Å². The van der Waals surface area contributed by atoms with Gasteiger partial charge in [-0.05, 0) is 29.8 Å². The molecule has 1 heterocycles. The van der Waals surface area contributed by atoms with Crippen LogP contribution in [0.15, 0.2) is 36.4 Å². The maximum atomic E-state index is 5.49. The Balaban J connectivity index is 2.00. The van der Waals surface area contributed by atoms with Gasteiger partial charge in [0, 0.05) is 37.3 Å². The van der Waals surface area contributed by atoms with Crippen LogP contribution in [0.4, 0.5) is 5.69 Å². The Hall–Kier alpha value is -2.20. The summed E-state index contributed by atoms with van der Waals surface area (Å²) in [6.45, 7) is 1.09. The Morgan fingerprint density at radius 3 is 2.26 bits per heavy atom. The second kappa shape index (κ2) is 6.50. The number of nitrogens with two attached hydrogens (primary N) is 1. The molecule has 0 amide bonds. The average molecular weight is 313 g/mol. The summed E-state index contributed by atoms with van der Waals surface area (Å²) in [5.74, 6) is 1.62. The molecule has 2 aromatic rings. The van der Waals surface area contributed by atoms with E-state index in [4.69, 9.17) is 9.47 Å². The highest BCUT2D eigenvalue weighted by molar-refractivity contribution is 5.52. The number of fused-ring (bicyclic) bond motifs is 1. The SMILES string of the molecule is COc1cc2c(cc1OC)[C@H](c1ccc(N(C)C)cc1)[NH2+]CC2. The smallest absolute Gasteiger partial charge is 0.161 e. The number of ether oxygens (including phenoxy) is 2. The van der Waals surface area contributed by atoms with E-state index in [1.54, 1.807) is 14.2 Å². The fourth-order valence-electron chi connectivity index (χ4n) is 3.27. The summed E-state index contributed by atoms with van der Waals surface area (Å²) in [5, 5.41) is 2.40. The molecule has 0 radical (unpaired) electrons. The molecule has 0 unspecified atom stereocenters. The van der Waals surface area contributed by atoms with Gasteiger partial charge in [0.05, 0.1) is 20.8 Å². The number of methoxy groups -OCH3 is 2. The standard InChI is InChI=1S/C19H24N2O2/c1-21(2)15-7-5-13(6-8-15)19-16-12-18(23-4)17(22-3)11-14(16)9-10-20-19/h5-8,11-12,19-20H,9-10H2,1-4H3/p+1/t19-/m0/s1. The lowest BCUT2D eigenvalue weighted by Gasteiger charge is -2.26. The quantitative estimate of drug-likeness (QED) is 0.938. The number of hydrogen-bond acceptors (Lipinski definition) is 3. The summed E-state index contributed by atoms with van der Waals surface area (Å²) in [7, 11) is 7.51. The lowest BCUT2D eigenvalue weighted by Crippen LogP contribution is -2.87. The van der Waals surface area contributed by atoms with Gasteiger partial charge in [0.1, 0.15) is 6.04 Å². The first-order valence-corrected chi connectivity index (χ1v) is 7.99. The largest absolute Gasteiger partial charge is 0.493 e. The van der Waals surface area contributed by atoms with Crippen molar-refractivity contribution in [2.24, 2.45) is 0 Å². The van der Waals surface area contributed by atoms with Crippen molar-refractivity contribution in [2.45, 2.75) is 12.5 Å². The van der Waals surface area contributed by atoms with Crippen LogP contribution in [0.1, 0.15) is 22.7 Å². The molecule has 0 bridgehead atoms. The molecule has 0 saturated heterocycles. The maximum Gasteiger partial charge on any atom is 0.161 e. The summed E-state index contributed by atoms with van der Waals surface area (Å²) in [4.78, 5) is 2.12. The van der Waals surface area contributed by atoms with E-state index in [0.717, 1.165) is 24.5 Å². The lowest BCUT2D eigenvalue weighted by molar-refractivity contribution is -0.690. The Kier molecular flexibility index (Phi) is 4.44. The predicted molar refractivity (Wildman–Crippen MR) is 92.7 cm³/mol. The van der Waals surface area contributed by atoms with Crippen LogP contribution in [0.5, 0.6) is 11.5 Å². The van der Waals surface area contributed by atoms with Crippen LogP contribution in [-0.2, 0) is 6.42 Å². The normalized spacial score (nSPS) is 16.6. The van der Waals surface area contributed by atoms with E-state index in [2.05, 4.69) is 60.7 Å². The molecule has 23 heavy (non-hydrogen) atoms. The van der Waals surface area contributed by atoms with Crippen LogP contribution in [0.3, 0.4) is 0 Å². The minimum atomic E-state index is 0.315. The van der Waals surface area contributed by atoms with Gasteiger partial charge in [-0.1, -0.05) is 12.1 Å². The second-order valence-electron chi connectivity index (χ2n) is 6.14. The van der Waals surface area contributed by atoms with E-state index in [1.165, 1.54) is 22.4 Å². The maximum absolute atomic E-state index is 5.49. The first-order valence-electron chi connectivity index (χ1n) is 7.99. The number of anilines is 1. The van der Waals surface area contributed by atoms with Crippen LogP contribution < -0.4 is 19.7 Å². The third-order valence-corrected chi connectivity index (χ3v) is 4.57. The monoisotopic (exact) mass is 313 g/mol. The summed E-state index contributed by atoms with van der Waals surface area (Å²) >= 11 is 0. The summed E-state index contributed by atoms with van der Waals surface area (Å²) < 4.78 is 10.9. The molecule has 122 valence electrons. The number of benzene rings is 2. The molecule has 1 aliphatic heterocycles. The van der Waals surface area contributed by atoms with E-state index in [9.17, 15) is 0 Å². The topological polar surface area (TPSA) is 38.3 Å². The van der Waals surface area contributed by atoms with E-state index >= 15 is 0 Å². The molecule has 0 saturated carbocycles. The Morgan fingerprint density at radius 2 is 1.65 bits per heavy atom. The van der Waals surface area contributed by atoms with Gasteiger partial charge in [0.2, 0.25) is 0 Å². The minimum Gasteiger partial charge on any atom is -0.493 e. The summed E-state index contributed by atoms with van der Waals surface area (Å²) in [6.07, 6.45) is 1.06. The number of nitrogens with zero attached hydrogens (tertiary/aromatic N) is 1. The Bertz CT molecular complexity index is 681. The van der Waals surface area contributed by atoms with Gasteiger partial charge in [-0.2, -0.15) is 0 Å². The van der Waals surface area contributed by atoms with E-state index in [0.29, 0.717) is 6.04 Å². The van der Waals surface area contributed by atoms with Crippen LogP contribution in [0, 0.1) is 0 Å². The van der Waals surface area contributed by atoms with Crippen molar-refractivity contribution in [3.63, 3.8) is 0 Å². The van der Waals surface area contributed by atoms with Gasteiger partial charge in [0.25, 0.3) is 0 Å². The number of quaternary nitrogens is 1. The van der Waals surface area contributed by atoms with Crippen LogP contribution in [-0.4, -0.2) is 34.9 Å². The van der Waals surface area contributed by atoms with Crippen LogP contribution in [0.2, 0.25) is 0 Å². The molecule has 0 fully saturated rings. The van der Waals surface area contributed by atoms with Crippen molar-refractivity contribution in [3.05, 3.63) is 53.1 Å². The van der Waals surface area contributed by atoms with Gasteiger partial charge in [0.15, 0.2) is 11.5 Å². The van der Waals surface area contributed by atoms with Crippen molar-refractivity contribution >= 4 is 5.69 Å². The van der Waals surface area contributed by atoms with Crippen molar-refractivity contribution in [1.82, 2.24) is 0 Å². The van der Waals surface area contributed by atoms with Gasteiger partial charge >= 0.3 is 0 Å². The lowest BCUT2D eigenvalue weighted by atomic mass is 9.89. The molecule has 4 heteroatoms. The zero-order valence-corrected chi connectivity index (χ0v) is 14.3. The Morgan fingerprint density at radius 1 is 1.00 bits per heavy atom. The third-order valence-electron chi connectivity index (χ3n) is 4.57. The summed E-state index contributed by atoms with van der Waals surface area (Å²) in [6, 6.07) is 13.4. The highest BCUT2D eigenvalue weighted by Gasteiger charge is 2.27. The van der Waals surface area contributed by atoms with Crippen molar-refractivity contribution in [1.29, 1.82) is 0 Å². The molecule has 3 rings (SSSR count). The van der Waals surface area contributed by atoms with Crippen molar-refractivity contribution < 1.29 is 14.8 Å². The van der Waals surface area contributed by atoms with Gasteiger partial charge in [-0.15, -0.1) is 0 Å². The predicted octanol–water partition coefficient (Wildman–Crippen LogP) is 1.98. The molecule has 2 aromatic carbocycles. The molecule has 0 aliphatic carbocycles. The van der Waals surface area contributed by atoms with Crippen LogP contribution >= 0.6 is 0 Å². The third kappa shape index (κ3) is 2.99. The van der Waals surface area contributed by atoms with E-state index in [1.807, 2.05) is 0 Å². The number of rotatable bonds is 4. The van der Waals surface area contributed by atoms with Crippen molar-refractivity contribution in [2.75, 3.05) is 39.8 Å². The highest BCUT2D eigenvalue weighted by atomic mass is 16.5. The highest BCUT2D eigenvalue weighted by Crippen LogP contribution is 2.35. The van der Waals surface area contributed by atoms with Gasteiger partial charge < -0.3 is 19.7 Å². The Labute approximate surface area is 138 Å². The second-order valence-corrected chi connectivity index (χ2v) is 6.14. The molecule has 2 N–H and O–H groups in total. The molecule has 0 aromatic heterocycles. The molecular weight excluding hydrogens is 288 g/mol. The van der Waals surface area contributed by atoms with Gasteiger partial charge in [-0.25, -0.2) is 0 Å². The fourth-order valence-corrected chi connectivity index (χ4v) is 3.27. The minimum absolute atomic E-state index is 0.315. The van der Waals surface area contributed by atoms with Crippen LogP contribution in [0.25, 0.3) is 0 Å². The van der Waals surface area contributed by atoms with Crippen molar-refractivity contribution in [3.8, 4) is 11.5 Å². The van der Waals surface area contributed by atoms with Gasteiger partial charge in [-0.3, -0.25) is 0 Å². The molecule has 4 nitrogen and oxygen atoms in total. The number of hydrogen-bond donors (Lipinski definition) is 1. The summed E-state index contributed by atoms with van der Waals surface area (Å²) in [5.41, 5.74) is 5.22. The molecule has 1 atom stereocenters. The fraction of sp³-hybridized carbons (Fsp3) is 0.368. The molecular formula is C19H25N2O2+. The average Bonchev–Trinajstić information content (AvgIpc) is 2.60. The zero-order chi connectivity index (χ0) is 16.4. The first-order chi connectivity index (χ1) is 11.1. The molecule has 1 aliphatic rings. The molecule has 0 spiro atoms.